The van der Waals surface area contributed by atoms with E-state index in [1.807, 2.05) is 23.9 Å². The highest BCUT2D eigenvalue weighted by atomic mass is 35.5. The Hall–Kier alpha value is -2.37. The Labute approximate surface area is 161 Å². The topological polar surface area (TPSA) is 51.0 Å². The maximum atomic E-state index is 12.9. The molecule has 5 nitrogen and oxygen atoms in total. The molecule has 0 aliphatic carbocycles. The Morgan fingerprint density at radius 1 is 1.15 bits per heavy atom. The van der Waals surface area contributed by atoms with Crippen LogP contribution in [0.25, 0.3) is 11.3 Å². The third kappa shape index (κ3) is 2.87. The van der Waals surface area contributed by atoms with Crippen LogP contribution in [0.3, 0.4) is 0 Å². The van der Waals surface area contributed by atoms with Crippen molar-refractivity contribution in [3.8, 4) is 11.3 Å². The smallest absolute Gasteiger partial charge is 0.255 e. The van der Waals surface area contributed by atoms with Gasteiger partial charge in [0.1, 0.15) is 0 Å². The van der Waals surface area contributed by atoms with E-state index in [1.165, 1.54) is 5.56 Å². The zero-order valence-corrected chi connectivity index (χ0v) is 15.6. The molecule has 1 aliphatic heterocycles. The van der Waals surface area contributed by atoms with Gasteiger partial charge in [-0.05, 0) is 30.7 Å². The van der Waals surface area contributed by atoms with E-state index in [1.54, 1.807) is 35.5 Å². The number of hydrogen-bond donors (Lipinski definition) is 0. The number of halogens is 2. The van der Waals surface area contributed by atoms with Crippen LogP contribution in [-0.4, -0.2) is 32.1 Å². The van der Waals surface area contributed by atoms with Crippen LogP contribution in [-0.2, 0) is 20.0 Å². The van der Waals surface area contributed by atoms with Crippen LogP contribution in [0.15, 0.2) is 42.7 Å². The van der Waals surface area contributed by atoms with Crippen LogP contribution in [0.2, 0.25) is 10.0 Å². The number of carbonyl (C=O) groups is 1. The van der Waals surface area contributed by atoms with E-state index in [-0.39, 0.29) is 5.91 Å². The van der Waals surface area contributed by atoms with E-state index < -0.39 is 0 Å². The van der Waals surface area contributed by atoms with Crippen LogP contribution < -0.4 is 0 Å². The summed E-state index contributed by atoms with van der Waals surface area (Å²) in [6.07, 6.45) is 4.29. The summed E-state index contributed by atoms with van der Waals surface area (Å²) < 4.78 is 1.88. The molecule has 0 saturated heterocycles. The van der Waals surface area contributed by atoms with E-state index in [0.29, 0.717) is 28.7 Å². The molecule has 7 heteroatoms. The van der Waals surface area contributed by atoms with Gasteiger partial charge in [0, 0.05) is 37.1 Å². The molecule has 3 aromatic rings. The summed E-state index contributed by atoms with van der Waals surface area (Å²) >= 11 is 12.3. The molecular formula is C19H16Cl2N4O. The number of aromatic nitrogens is 3. The monoisotopic (exact) mass is 386 g/mol. The molecule has 132 valence electrons. The third-order valence-electron chi connectivity index (χ3n) is 4.62. The molecule has 0 atom stereocenters. The average Bonchev–Trinajstić information content (AvgIpc) is 2.99. The van der Waals surface area contributed by atoms with Crippen LogP contribution in [0, 0.1) is 0 Å². The van der Waals surface area contributed by atoms with Gasteiger partial charge in [-0.3, -0.25) is 14.5 Å². The van der Waals surface area contributed by atoms with Gasteiger partial charge in [-0.1, -0.05) is 29.3 Å². The van der Waals surface area contributed by atoms with Gasteiger partial charge in [-0.25, -0.2) is 0 Å². The van der Waals surface area contributed by atoms with Crippen molar-refractivity contribution in [3.05, 3.63) is 69.6 Å². The average molecular weight is 387 g/mol. The molecular weight excluding hydrogens is 371 g/mol. The lowest BCUT2D eigenvalue weighted by Gasteiger charge is -2.27. The first-order valence-corrected chi connectivity index (χ1v) is 9.00. The molecule has 0 unspecified atom stereocenters. The highest BCUT2D eigenvalue weighted by Crippen LogP contribution is 2.31. The molecule has 4 rings (SSSR count). The van der Waals surface area contributed by atoms with Crippen molar-refractivity contribution in [1.82, 2.24) is 19.7 Å². The molecule has 0 bridgehead atoms. The number of carbonyl (C=O) groups excluding carboxylic acids is 1. The third-order valence-corrected chi connectivity index (χ3v) is 5.44. The quantitative estimate of drug-likeness (QED) is 0.668. The zero-order chi connectivity index (χ0) is 18.3. The van der Waals surface area contributed by atoms with E-state index in [2.05, 4.69) is 10.1 Å². The summed E-state index contributed by atoms with van der Waals surface area (Å²) in [6, 6.07) is 9.06. The Bertz CT molecular complexity index is 985. The summed E-state index contributed by atoms with van der Waals surface area (Å²) in [5.74, 6) is -0.126. The highest BCUT2D eigenvalue weighted by molar-refractivity contribution is 6.43. The van der Waals surface area contributed by atoms with Crippen molar-refractivity contribution in [2.24, 2.45) is 7.05 Å². The van der Waals surface area contributed by atoms with E-state index in [0.717, 1.165) is 23.4 Å². The van der Waals surface area contributed by atoms with Gasteiger partial charge in [0.2, 0.25) is 0 Å². The standard InChI is InChI=1S/C19H16Cl2N4O/c1-24-18(12-5-8-22-9-6-12)13-7-10-25(11-16(13)23-24)19(26)14-3-2-4-15(20)17(14)21/h2-6,8-9H,7,10-11H2,1H3. The van der Waals surface area contributed by atoms with Gasteiger partial charge in [0.05, 0.1) is 33.5 Å². The van der Waals surface area contributed by atoms with Crippen molar-refractivity contribution >= 4 is 29.1 Å². The van der Waals surface area contributed by atoms with Crippen molar-refractivity contribution in [3.63, 3.8) is 0 Å². The second-order valence-electron chi connectivity index (χ2n) is 6.21. The Morgan fingerprint density at radius 2 is 1.92 bits per heavy atom. The molecule has 1 aromatic carbocycles. The number of hydrogen-bond acceptors (Lipinski definition) is 3. The fraction of sp³-hybridized carbons (Fsp3) is 0.211. The second-order valence-corrected chi connectivity index (χ2v) is 7.00. The summed E-state index contributed by atoms with van der Waals surface area (Å²) in [5.41, 5.74) is 4.68. The highest BCUT2D eigenvalue weighted by Gasteiger charge is 2.28. The fourth-order valence-electron chi connectivity index (χ4n) is 3.40. The van der Waals surface area contributed by atoms with Gasteiger partial charge in [-0.2, -0.15) is 5.10 Å². The molecule has 0 spiro atoms. The largest absolute Gasteiger partial charge is 0.332 e. The minimum atomic E-state index is -0.126. The summed E-state index contributed by atoms with van der Waals surface area (Å²) in [4.78, 5) is 18.7. The predicted molar refractivity (Wildman–Crippen MR) is 101 cm³/mol. The van der Waals surface area contributed by atoms with Crippen LogP contribution in [0.5, 0.6) is 0 Å². The van der Waals surface area contributed by atoms with Crippen LogP contribution in [0.4, 0.5) is 0 Å². The van der Waals surface area contributed by atoms with Gasteiger partial charge >= 0.3 is 0 Å². The number of pyridine rings is 1. The number of nitrogens with zero attached hydrogens (tertiary/aromatic N) is 4. The first-order chi connectivity index (χ1) is 12.6. The van der Waals surface area contributed by atoms with Crippen molar-refractivity contribution in [2.75, 3.05) is 6.54 Å². The lowest BCUT2D eigenvalue weighted by molar-refractivity contribution is 0.0732. The van der Waals surface area contributed by atoms with Gasteiger partial charge in [0.15, 0.2) is 0 Å². The predicted octanol–water partition coefficient (Wildman–Crippen LogP) is 3.99. The van der Waals surface area contributed by atoms with Gasteiger partial charge in [0.25, 0.3) is 5.91 Å². The molecule has 0 N–H and O–H groups in total. The van der Waals surface area contributed by atoms with Gasteiger partial charge in [-0.15, -0.1) is 0 Å². The second kappa shape index (κ2) is 6.74. The Kier molecular flexibility index (Phi) is 4.42. The number of fused-ring (bicyclic) bond motifs is 1. The maximum absolute atomic E-state index is 12.9. The minimum Gasteiger partial charge on any atom is -0.332 e. The summed E-state index contributed by atoms with van der Waals surface area (Å²) in [7, 11) is 1.92. The minimum absolute atomic E-state index is 0.126. The fourth-order valence-corrected chi connectivity index (χ4v) is 3.78. The molecule has 0 fully saturated rings. The SMILES string of the molecule is Cn1nc2c(c1-c1ccncc1)CCN(C(=O)c1cccc(Cl)c1Cl)C2. The van der Waals surface area contributed by atoms with E-state index in [4.69, 9.17) is 23.2 Å². The molecule has 0 saturated carbocycles. The van der Waals surface area contributed by atoms with Crippen LogP contribution >= 0.6 is 23.2 Å². The number of rotatable bonds is 2. The maximum Gasteiger partial charge on any atom is 0.255 e. The Balaban J connectivity index is 1.65. The first-order valence-electron chi connectivity index (χ1n) is 8.24. The van der Waals surface area contributed by atoms with Crippen molar-refractivity contribution in [2.45, 2.75) is 13.0 Å². The van der Waals surface area contributed by atoms with Crippen molar-refractivity contribution in [1.29, 1.82) is 0 Å². The number of aryl methyl sites for hydroxylation is 1. The molecule has 26 heavy (non-hydrogen) atoms. The Morgan fingerprint density at radius 3 is 2.69 bits per heavy atom. The molecule has 0 radical (unpaired) electrons. The lowest BCUT2D eigenvalue weighted by atomic mass is 10.00. The van der Waals surface area contributed by atoms with Crippen molar-refractivity contribution < 1.29 is 4.79 Å². The summed E-state index contributed by atoms with van der Waals surface area (Å²) in [6.45, 7) is 1.06. The lowest BCUT2D eigenvalue weighted by Crippen LogP contribution is -2.36. The van der Waals surface area contributed by atoms with E-state index >= 15 is 0 Å². The molecule has 1 amide bonds. The molecule has 2 aromatic heterocycles. The summed E-state index contributed by atoms with van der Waals surface area (Å²) in [5, 5.41) is 5.31. The molecule has 3 heterocycles. The van der Waals surface area contributed by atoms with Gasteiger partial charge < -0.3 is 4.90 Å². The zero-order valence-electron chi connectivity index (χ0n) is 14.1. The first kappa shape index (κ1) is 17.1. The van der Waals surface area contributed by atoms with E-state index in [9.17, 15) is 4.79 Å². The molecule has 1 aliphatic rings. The number of amides is 1. The van der Waals surface area contributed by atoms with Crippen LogP contribution in [0.1, 0.15) is 21.6 Å². The number of benzene rings is 1. The normalized spacial score (nSPS) is 13.6.